The number of nitrogens with zero attached hydrogens (tertiary/aromatic N) is 1. The summed E-state index contributed by atoms with van der Waals surface area (Å²) in [6, 6.07) is 0.164. The fourth-order valence-corrected chi connectivity index (χ4v) is 2.01. The van der Waals surface area contributed by atoms with Crippen LogP contribution in [0, 0.1) is 5.92 Å². The van der Waals surface area contributed by atoms with Crippen LogP contribution >= 0.6 is 0 Å². The molecular weight excluding hydrogens is 178 g/mol. The highest BCUT2D eigenvalue weighted by Gasteiger charge is 2.27. The molecule has 1 fully saturated rings. The van der Waals surface area contributed by atoms with Gasteiger partial charge in [-0.25, -0.2) is 0 Å². The number of aliphatic hydroxyl groups is 1. The van der Waals surface area contributed by atoms with Gasteiger partial charge in [0, 0.05) is 18.5 Å². The van der Waals surface area contributed by atoms with Crippen LogP contribution in [-0.4, -0.2) is 41.0 Å². The number of ketones is 1. The molecule has 1 heterocycles. The average Bonchev–Trinajstić information content (AvgIpc) is 2.16. The molecule has 1 aliphatic rings. The molecule has 0 radical (unpaired) electrons. The van der Waals surface area contributed by atoms with Crippen molar-refractivity contribution in [3.8, 4) is 0 Å². The lowest BCUT2D eigenvalue weighted by Crippen LogP contribution is -2.47. The number of hydrogen-bond donors (Lipinski definition) is 1. The Morgan fingerprint density at radius 2 is 2.14 bits per heavy atom. The van der Waals surface area contributed by atoms with Crippen molar-refractivity contribution in [1.29, 1.82) is 0 Å². The summed E-state index contributed by atoms with van der Waals surface area (Å²) < 4.78 is 0. The second-order valence-electron chi connectivity index (χ2n) is 4.43. The highest BCUT2D eigenvalue weighted by Crippen LogP contribution is 2.20. The molecule has 0 amide bonds. The zero-order valence-electron chi connectivity index (χ0n) is 9.36. The topological polar surface area (TPSA) is 40.5 Å². The molecule has 3 heteroatoms. The van der Waals surface area contributed by atoms with E-state index in [-0.39, 0.29) is 23.8 Å². The summed E-state index contributed by atoms with van der Waals surface area (Å²) in [7, 11) is 0. The first-order valence-electron chi connectivity index (χ1n) is 5.45. The third-order valence-electron chi connectivity index (χ3n) is 3.30. The maximum atomic E-state index is 11.2. The molecule has 82 valence electrons. The number of carbonyl (C=O) groups excluding carboxylic acids is 1. The second-order valence-corrected chi connectivity index (χ2v) is 4.43. The van der Waals surface area contributed by atoms with Crippen LogP contribution in [0.5, 0.6) is 0 Å². The zero-order chi connectivity index (χ0) is 10.7. The molecule has 0 saturated carbocycles. The van der Waals surface area contributed by atoms with Gasteiger partial charge >= 0.3 is 0 Å². The molecule has 0 aromatic carbocycles. The fraction of sp³-hybridized carbons (Fsp3) is 0.909. The van der Waals surface area contributed by atoms with Crippen molar-refractivity contribution in [2.75, 3.05) is 13.1 Å². The molecule has 3 nitrogen and oxygen atoms in total. The van der Waals surface area contributed by atoms with E-state index in [4.69, 9.17) is 0 Å². The van der Waals surface area contributed by atoms with Crippen molar-refractivity contribution >= 4 is 5.78 Å². The SMILES string of the molecule is CC(=O)C1CCCN(C(C)C(C)O)C1. The smallest absolute Gasteiger partial charge is 0.134 e. The Labute approximate surface area is 86.1 Å². The van der Waals surface area contributed by atoms with E-state index >= 15 is 0 Å². The number of piperidine rings is 1. The van der Waals surface area contributed by atoms with E-state index in [1.54, 1.807) is 6.92 Å². The summed E-state index contributed by atoms with van der Waals surface area (Å²) in [4.78, 5) is 13.5. The van der Waals surface area contributed by atoms with Crippen LogP contribution in [0.15, 0.2) is 0 Å². The Hall–Kier alpha value is -0.410. The van der Waals surface area contributed by atoms with Gasteiger partial charge in [-0.15, -0.1) is 0 Å². The molecule has 1 aliphatic heterocycles. The maximum absolute atomic E-state index is 11.2. The van der Waals surface area contributed by atoms with E-state index in [9.17, 15) is 9.90 Å². The van der Waals surface area contributed by atoms with Crippen LogP contribution in [0.25, 0.3) is 0 Å². The quantitative estimate of drug-likeness (QED) is 0.739. The Bertz CT molecular complexity index is 203. The molecule has 1 rings (SSSR count). The first kappa shape index (κ1) is 11.7. The van der Waals surface area contributed by atoms with E-state index in [1.165, 1.54) is 0 Å². The van der Waals surface area contributed by atoms with Gasteiger partial charge in [0.15, 0.2) is 0 Å². The summed E-state index contributed by atoms with van der Waals surface area (Å²) in [5, 5.41) is 9.47. The van der Waals surface area contributed by atoms with Gasteiger partial charge in [0.25, 0.3) is 0 Å². The van der Waals surface area contributed by atoms with Gasteiger partial charge < -0.3 is 5.11 Å². The summed E-state index contributed by atoms with van der Waals surface area (Å²) in [5.74, 6) is 0.470. The number of rotatable bonds is 3. The number of aliphatic hydroxyl groups excluding tert-OH is 1. The molecule has 14 heavy (non-hydrogen) atoms. The Balaban J connectivity index is 2.51. The van der Waals surface area contributed by atoms with E-state index < -0.39 is 0 Å². The van der Waals surface area contributed by atoms with Gasteiger partial charge in [0.2, 0.25) is 0 Å². The van der Waals surface area contributed by atoms with Crippen LogP contribution in [0.1, 0.15) is 33.6 Å². The predicted molar refractivity (Wildman–Crippen MR) is 56.1 cm³/mol. The van der Waals surface area contributed by atoms with Crippen LogP contribution < -0.4 is 0 Å². The van der Waals surface area contributed by atoms with E-state index in [0.29, 0.717) is 0 Å². The molecule has 3 atom stereocenters. The van der Waals surface area contributed by atoms with Crippen LogP contribution in [0.2, 0.25) is 0 Å². The number of carbonyl (C=O) groups is 1. The fourth-order valence-electron chi connectivity index (χ4n) is 2.01. The molecule has 0 spiro atoms. The molecule has 3 unspecified atom stereocenters. The summed E-state index contributed by atoms with van der Waals surface area (Å²) in [5.41, 5.74) is 0. The lowest BCUT2D eigenvalue weighted by Gasteiger charge is -2.37. The van der Waals surface area contributed by atoms with Gasteiger partial charge in [-0.05, 0) is 40.2 Å². The maximum Gasteiger partial charge on any atom is 0.134 e. The first-order valence-corrected chi connectivity index (χ1v) is 5.45. The minimum absolute atomic E-state index is 0.164. The highest BCUT2D eigenvalue weighted by atomic mass is 16.3. The number of Topliss-reactive ketones (excluding diaryl/α,β-unsaturated/α-hetero) is 1. The second kappa shape index (κ2) is 4.89. The largest absolute Gasteiger partial charge is 0.392 e. The Morgan fingerprint density at radius 3 is 2.64 bits per heavy atom. The summed E-state index contributed by atoms with van der Waals surface area (Å²) in [6.45, 7) is 7.33. The van der Waals surface area contributed by atoms with Crippen LogP contribution in [0.4, 0.5) is 0 Å². The highest BCUT2D eigenvalue weighted by molar-refractivity contribution is 5.78. The minimum Gasteiger partial charge on any atom is -0.392 e. The monoisotopic (exact) mass is 199 g/mol. The number of likely N-dealkylation sites (tertiary alicyclic amines) is 1. The van der Waals surface area contributed by atoms with Gasteiger partial charge in [-0.1, -0.05) is 0 Å². The first-order chi connectivity index (χ1) is 6.52. The number of hydrogen-bond acceptors (Lipinski definition) is 3. The normalized spacial score (nSPS) is 28.4. The van der Waals surface area contributed by atoms with Crippen LogP contribution in [0.3, 0.4) is 0 Å². The van der Waals surface area contributed by atoms with E-state index in [0.717, 1.165) is 25.9 Å². The molecule has 0 bridgehead atoms. The lowest BCUT2D eigenvalue weighted by atomic mass is 9.93. The zero-order valence-corrected chi connectivity index (χ0v) is 9.36. The van der Waals surface area contributed by atoms with E-state index in [1.807, 2.05) is 13.8 Å². The Kier molecular flexibility index (Phi) is 4.08. The third kappa shape index (κ3) is 2.79. The molecule has 0 aromatic heterocycles. The van der Waals surface area contributed by atoms with Crippen molar-refractivity contribution in [3.05, 3.63) is 0 Å². The summed E-state index contributed by atoms with van der Waals surface area (Å²) >= 11 is 0. The average molecular weight is 199 g/mol. The van der Waals surface area contributed by atoms with Gasteiger partial charge in [0.05, 0.1) is 6.10 Å². The molecule has 0 aromatic rings. The van der Waals surface area contributed by atoms with Crippen molar-refractivity contribution in [1.82, 2.24) is 4.90 Å². The lowest BCUT2D eigenvalue weighted by molar-refractivity contribution is -0.123. The van der Waals surface area contributed by atoms with Crippen molar-refractivity contribution in [3.63, 3.8) is 0 Å². The van der Waals surface area contributed by atoms with Crippen LogP contribution in [-0.2, 0) is 4.79 Å². The Morgan fingerprint density at radius 1 is 1.50 bits per heavy atom. The van der Waals surface area contributed by atoms with Crippen molar-refractivity contribution in [2.24, 2.45) is 5.92 Å². The summed E-state index contributed by atoms with van der Waals surface area (Å²) in [6.07, 6.45) is 1.76. The third-order valence-corrected chi connectivity index (χ3v) is 3.30. The van der Waals surface area contributed by atoms with Gasteiger partial charge in [0.1, 0.15) is 5.78 Å². The molecule has 1 N–H and O–H groups in total. The minimum atomic E-state index is -0.319. The van der Waals surface area contributed by atoms with Crippen molar-refractivity contribution < 1.29 is 9.90 Å². The molecule has 0 aliphatic carbocycles. The van der Waals surface area contributed by atoms with Crippen molar-refractivity contribution in [2.45, 2.75) is 45.8 Å². The standard InChI is InChI=1S/C11H21NO2/c1-8(9(2)13)12-6-4-5-11(7-12)10(3)14/h8-9,11,13H,4-7H2,1-3H3. The molecular formula is C11H21NO2. The van der Waals surface area contributed by atoms with Gasteiger partial charge in [-0.2, -0.15) is 0 Å². The van der Waals surface area contributed by atoms with Gasteiger partial charge in [-0.3, -0.25) is 9.69 Å². The molecule has 1 saturated heterocycles. The van der Waals surface area contributed by atoms with E-state index in [2.05, 4.69) is 4.90 Å². The predicted octanol–water partition coefficient (Wildman–Crippen LogP) is 1.06.